The smallest absolute Gasteiger partial charge is 0.340 e. The predicted octanol–water partition coefficient (Wildman–Crippen LogP) is 4.15. The van der Waals surface area contributed by atoms with Gasteiger partial charge in [0.05, 0.1) is 0 Å². The van der Waals surface area contributed by atoms with E-state index >= 15 is 0 Å². The molecule has 0 spiro atoms. The first-order chi connectivity index (χ1) is 12.5. The van der Waals surface area contributed by atoms with Crippen LogP contribution >= 0.6 is 0 Å². The molecule has 0 saturated heterocycles. The lowest BCUT2D eigenvalue weighted by molar-refractivity contribution is -0.168. The minimum atomic E-state index is -1.88. The lowest BCUT2D eigenvalue weighted by Crippen LogP contribution is -2.44. The summed E-state index contributed by atoms with van der Waals surface area (Å²) in [6.07, 6.45) is 5.20. The van der Waals surface area contributed by atoms with E-state index in [2.05, 4.69) is 30.6 Å². The standard InChI is InChI=1S/C22H31NO3/c1-4-7-11-17-16-19(23(5-2)6-3)14-15-20(17)22(26,21(24)25)18-12-9-8-10-13-18/h14-16,18,26H,4-6,8-10,12-13H2,1-3H3,(H,24,25). The van der Waals surface area contributed by atoms with Crippen molar-refractivity contribution in [2.45, 2.75) is 64.9 Å². The van der Waals surface area contributed by atoms with Crippen molar-refractivity contribution in [1.29, 1.82) is 0 Å². The van der Waals surface area contributed by atoms with Gasteiger partial charge in [0.1, 0.15) is 0 Å². The first-order valence-corrected chi connectivity index (χ1v) is 9.83. The van der Waals surface area contributed by atoms with E-state index < -0.39 is 11.6 Å². The molecule has 0 aliphatic heterocycles. The van der Waals surface area contributed by atoms with E-state index in [1.54, 1.807) is 6.07 Å². The number of carboxylic acid groups (broad SMARTS) is 1. The Balaban J connectivity index is 2.58. The van der Waals surface area contributed by atoms with Gasteiger partial charge in [0.25, 0.3) is 0 Å². The molecule has 4 nitrogen and oxygen atoms in total. The fourth-order valence-corrected chi connectivity index (χ4v) is 3.97. The number of rotatable bonds is 6. The Morgan fingerprint density at radius 2 is 1.85 bits per heavy atom. The predicted molar refractivity (Wildman–Crippen MR) is 105 cm³/mol. The topological polar surface area (TPSA) is 60.8 Å². The summed E-state index contributed by atoms with van der Waals surface area (Å²) in [6.45, 7) is 7.87. The third kappa shape index (κ3) is 4.04. The number of hydrogen-bond acceptors (Lipinski definition) is 3. The van der Waals surface area contributed by atoms with Crippen molar-refractivity contribution in [2.75, 3.05) is 18.0 Å². The third-order valence-electron chi connectivity index (χ3n) is 5.46. The largest absolute Gasteiger partial charge is 0.479 e. The Labute approximate surface area is 157 Å². The Morgan fingerprint density at radius 3 is 2.38 bits per heavy atom. The summed E-state index contributed by atoms with van der Waals surface area (Å²) >= 11 is 0. The van der Waals surface area contributed by atoms with Gasteiger partial charge in [0.2, 0.25) is 0 Å². The molecule has 1 aliphatic carbocycles. The summed E-state index contributed by atoms with van der Waals surface area (Å²) in [7, 11) is 0. The van der Waals surface area contributed by atoms with E-state index in [4.69, 9.17) is 0 Å². The van der Waals surface area contributed by atoms with Crippen molar-refractivity contribution in [3.63, 3.8) is 0 Å². The van der Waals surface area contributed by atoms with Crippen LogP contribution in [0.15, 0.2) is 18.2 Å². The molecule has 0 bridgehead atoms. The summed E-state index contributed by atoms with van der Waals surface area (Å²) in [5.74, 6) is 4.72. The molecule has 0 amide bonds. The van der Waals surface area contributed by atoms with Crippen LogP contribution in [0.3, 0.4) is 0 Å². The molecule has 1 aromatic rings. The first-order valence-electron chi connectivity index (χ1n) is 9.83. The van der Waals surface area contributed by atoms with Gasteiger partial charge in [-0.15, -0.1) is 0 Å². The highest BCUT2D eigenvalue weighted by Gasteiger charge is 2.47. The van der Waals surface area contributed by atoms with E-state index in [0.717, 1.165) is 50.9 Å². The average Bonchev–Trinajstić information content (AvgIpc) is 2.67. The van der Waals surface area contributed by atoms with Crippen molar-refractivity contribution in [2.24, 2.45) is 5.92 Å². The monoisotopic (exact) mass is 357 g/mol. The van der Waals surface area contributed by atoms with Crippen LogP contribution in [0.2, 0.25) is 0 Å². The van der Waals surface area contributed by atoms with Crippen LogP contribution in [0.1, 0.15) is 70.4 Å². The van der Waals surface area contributed by atoms with Crippen LogP contribution in [-0.4, -0.2) is 29.3 Å². The molecular formula is C22H31NO3. The molecule has 1 unspecified atom stereocenters. The Hall–Kier alpha value is -1.99. The molecule has 1 aromatic carbocycles. The summed E-state index contributed by atoms with van der Waals surface area (Å²) in [5.41, 5.74) is 0.205. The maximum Gasteiger partial charge on any atom is 0.340 e. The van der Waals surface area contributed by atoms with Crippen LogP contribution in [-0.2, 0) is 10.4 Å². The molecule has 142 valence electrons. The van der Waals surface area contributed by atoms with Crippen LogP contribution in [0, 0.1) is 17.8 Å². The molecule has 1 aliphatic rings. The molecular weight excluding hydrogens is 326 g/mol. The summed E-state index contributed by atoms with van der Waals surface area (Å²) in [5, 5.41) is 21.3. The number of carbonyl (C=O) groups is 1. The lowest BCUT2D eigenvalue weighted by Gasteiger charge is -2.36. The zero-order chi connectivity index (χ0) is 19.2. The van der Waals surface area contributed by atoms with Gasteiger partial charge in [-0.05, 0) is 38.8 Å². The minimum absolute atomic E-state index is 0.268. The van der Waals surface area contributed by atoms with Crippen molar-refractivity contribution in [3.05, 3.63) is 29.3 Å². The van der Waals surface area contributed by atoms with E-state index in [0.29, 0.717) is 17.5 Å². The van der Waals surface area contributed by atoms with Gasteiger partial charge in [0, 0.05) is 42.2 Å². The van der Waals surface area contributed by atoms with E-state index in [-0.39, 0.29) is 5.92 Å². The van der Waals surface area contributed by atoms with Gasteiger partial charge >= 0.3 is 5.97 Å². The molecule has 1 atom stereocenters. The highest BCUT2D eigenvalue weighted by atomic mass is 16.4. The number of aliphatic hydroxyl groups is 1. The van der Waals surface area contributed by atoms with E-state index in [1.165, 1.54) is 0 Å². The SMILES string of the molecule is CCC#Cc1cc(N(CC)CC)ccc1C(O)(C(=O)O)C1CCCCC1. The van der Waals surface area contributed by atoms with Crippen molar-refractivity contribution >= 4 is 11.7 Å². The molecule has 1 fully saturated rings. The molecule has 0 aromatic heterocycles. The molecule has 4 heteroatoms. The number of benzene rings is 1. The number of nitrogens with zero attached hydrogens (tertiary/aromatic N) is 1. The molecule has 2 N–H and O–H groups in total. The van der Waals surface area contributed by atoms with Gasteiger partial charge in [-0.2, -0.15) is 0 Å². The van der Waals surface area contributed by atoms with Gasteiger partial charge < -0.3 is 15.1 Å². The second-order valence-corrected chi connectivity index (χ2v) is 6.96. The normalized spacial score (nSPS) is 17.1. The van der Waals surface area contributed by atoms with Crippen molar-refractivity contribution in [1.82, 2.24) is 0 Å². The second-order valence-electron chi connectivity index (χ2n) is 6.96. The van der Waals surface area contributed by atoms with E-state index in [9.17, 15) is 15.0 Å². The van der Waals surface area contributed by atoms with Crippen LogP contribution in [0.4, 0.5) is 5.69 Å². The van der Waals surface area contributed by atoms with Gasteiger partial charge in [-0.3, -0.25) is 0 Å². The maximum absolute atomic E-state index is 12.2. The highest BCUT2D eigenvalue weighted by molar-refractivity contribution is 5.81. The quantitative estimate of drug-likeness (QED) is 0.751. The average molecular weight is 357 g/mol. The Morgan fingerprint density at radius 1 is 1.19 bits per heavy atom. The fourth-order valence-electron chi connectivity index (χ4n) is 3.97. The molecule has 26 heavy (non-hydrogen) atoms. The number of hydrogen-bond donors (Lipinski definition) is 2. The van der Waals surface area contributed by atoms with Gasteiger partial charge in [-0.1, -0.05) is 44.1 Å². The number of carboxylic acids is 1. The molecule has 0 heterocycles. The third-order valence-corrected chi connectivity index (χ3v) is 5.46. The second kappa shape index (κ2) is 9.09. The van der Waals surface area contributed by atoms with Gasteiger partial charge in [-0.25, -0.2) is 4.79 Å². The summed E-state index contributed by atoms with van der Waals surface area (Å²) in [4.78, 5) is 14.4. The molecule has 0 radical (unpaired) electrons. The minimum Gasteiger partial charge on any atom is -0.479 e. The Kier molecular flexibility index (Phi) is 7.11. The van der Waals surface area contributed by atoms with E-state index in [1.807, 2.05) is 19.1 Å². The van der Waals surface area contributed by atoms with Crippen LogP contribution in [0.25, 0.3) is 0 Å². The summed E-state index contributed by atoms with van der Waals surface area (Å²) < 4.78 is 0. The highest BCUT2D eigenvalue weighted by Crippen LogP contribution is 2.41. The maximum atomic E-state index is 12.2. The van der Waals surface area contributed by atoms with Crippen LogP contribution in [0.5, 0.6) is 0 Å². The zero-order valence-corrected chi connectivity index (χ0v) is 16.2. The number of aliphatic carboxylic acids is 1. The zero-order valence-electron chi connectivity index (χ0n) is 16.2. The Bertz CT molecular complexity index is 678. The van der Waals surface area contributed by atoms with Crippen LogP contribution < -0.4 is 4.90 Å². The number of anilines is 1. The molecule has 1 saturated carbocycles. The summed E-state index contributed by atoms with van der Waals surface area (Å²) in [6, 6.07) is 5.62. The first kappa shape index (κ1) is 20.3. The molecule has 2 rings (SSSR count). The fraction of sp³-hybridized carbons (Fsp3) is 0.591. The lowest BCUT2D eigenvalue weighted by atomic mass is 9.72. The van der Waals surface area contributed by atoms with Crippen molar-refractivity contribution < 1.29 is 15.0 Å². The van der Waals surface area contributed by atoms with Crippen molar-refractivity contribution in [3.8, 4) is 11.8 Å². The van der Waals surface area contributed by atoms with Gasteiger partial charge in [0.15, 0.2) is 5.60 Å².